The minimum Gasteiger partial charge on any atom is -0.394 e. The molecular weight excluding hydrogens is 247 g/mol. The van der Waals surface area contributed by atoms with Gasteiger partial charge in [0.25, 0.3) is 0 Å². The van der Waals surface area contributed by atoms with Crippen molar-refractivity contribution in [2.45, 2.75) is 32.5 Å². The molecule has 0 fully saturated rings. The predicted molar refractivity (Wildman–Crippen MR) is 61.0 cm³/mol. The second kappa shape index (κ2) is 5.99. The van der Waals surface area contributed by atoms with Crippen LogP contribution in [0.2, 0.25) is 0 Å². The van der Waals surface area contributed by atoms with Gasteiger partial charge >= 0.3 is 6.18 Å². The highest BCUT2D eigenvalue weighted by atomic mass is 19.4. The summed E-state index contributed by atoms with van der Waals surface area (Å²) in [5, 5.41) is 11.8. The van der Waals surface area contributed by atoms with Crippen LogP contribution in [0.3, 0.4) is 0 Å². The van der Waals surface area contributed by atoms with Gasteiger partial charge in [-0.15, -0.1) is 0 Å². The van der Waals surface area contributed by atoms with Crippen molar-refractivity contribution in [1.82, 2.24) is 9.97 Å². The van der Waals surface area contributed by atoms with Gasteiger partial charge in [-0.05, 0) is 18.4 Å². The van der Waals surface area contributed by atoms with Crippen LogP contribution in [0.4, 0.5) is 19.1 Å². The Morgan fingerprint density at radius 3 is 2.56 bits per heavy atom. The van der Waals surface area contributed by atoms with E-state index in [0.29, 0.717) is 12.3 Å². The third-order valence-corrected chi connectivity index (χ3v) is 2.26. The molecule has 0 radical (unpaired) electrons. The van der Waals surface area contributed by atoms with Crippen molar-refractivity contribution in [1.29, 1.82) is 0 Å². The highest BCUT2D eigenvalue weighted by Gasteiger charge is 2.32. The minimum atomic E-state index is -4.49. The largest absolute Gasteiger partial charge is 0.433 e. The summed E-state index contributed by atoms with van der Waals surface area (Å²) < 4.78 is 37.3. The van der Waals surface area contributed by atoms with Crippen molar-refractivity contribution in [2.24, 2.45) is 5.92 Å². The summed E-state index contributed by atoms with van der Waals surface area (Å²) in [6.07, 6.45) is -2.83. The van der Waals surface area contributed by atoms with Crippen LogP contribution in [0.1, 0.15) is 26.0 Å². The Balaban J connectivity index is 2.78. The van der Waals surface area contributed by atoms with E-state index < -0.39 is 11.9 Å². The second-order valence-electron chi connectivity index (χ2n) is 4.42. The van der Waals surface area contributed by atoms with Gasteiger partial charge in [0.05, 0.1) is 12.6 Å². The molecule has 1 atom stereocenters. The summed E-state index contributed by atoms with van der Waals surface area (Å²) in [5.74, 6) is 0.185. The number of rotatable bonds is 5. The van der Waals surface area contributed by atoms with Gasteiger partial charge in [-0.25, -0.2) is 9.97 Å². The first-order valence-electron chi connectivity index (χ1n) is 5.60. The third kappa shape index (κ3) is 4.48. The van der Waals surface area contributed by atoms with E-state index in [0.717, 1.165) is 12.3 Å². The highest BCUT2D eigenvalue weighted by molar-refractivity contribution is 5.27. The molecule has 0 saturated heterocycles. The normalized spacial score (nSPS) is 13.7. The van der Waals surface area contributed by atoms with E-state index in [-0.39, 0.29) is 18.6 Å². The molecule has 0 bridgehead atoms. The number of hydrogen-bond acceptors (Lipinski definition) is 4. The van der Waals surface area contributed by atoms with Crippen molar-refractivity contribution in [3.05, 3.63) is 18.0 Å². The molecule has 1 aromatic heterocycles. The first kappa shape index (κ1) is 14.7. The average Bonchev–Trinajstić information content (AvgIpc) is 2.26. The lowest BCUT2D eigenvalue weighted by atomic mass is 10.0. The zero-order valence-corrected chi connectivity index (χ0v) is 10.2. The van der Waals surface area contributed by atoms with Crippen LogP contribution >= 0.6 is 0 Å². The quantitative estimate of drug-likeness (QED) is 0.856. The molecule has 18 heavy (non-hydrogen) atoms. The van der Waals surface area contributed by atoms with Gasteiger partial charge < -0.3 is 10.4 Å². The van der Waals surface area contributed by atoms with Crippen LogP contribution in [0, 0.1) is 5.92 Å². The molecule has 7 heteroatoms. The van der Waals surface area contributed by atoms with Crippen LogP contribution in [-0.2, 0) is 6.18 Å². The lowest BCUT2D eigenvalue weighted by Gasteiger charge is -2.18. The molecule has 0 spiro atoms. The fraction of sp³-hybridized carbons (Fsp3) is 0.636. The average molecular weight is 263 g/mol. The Kier molecular flexibility index (Phi) is 4.89. The summed E-state index contributed by atoms with van der Waals surface area (Å²) in [4.78, 5) is 7.10. The van der Waals surface area contributed by atoms with E-state index in [1.807, 2.05) is 13.8 Å². The van der Waals surface area contributed by atoms with Crippen molar-refractivity contribution in [2.75, 3.05) is 11.9 Å². The number of anilines is 1. The maximum absolute atomic E-state index is 12.4. The van der Waals surface area contributed by atoms with Gasteiger partial charge in [0.2, 0.25) is 5.95 Å². The van der Waals surface area contributed by atoms with Crippen LogP contribution < -0.4 is 5.32 Å². The minimum absolute atomic E-state index is 0.121. The van der Waals surface area contributed by atoms with Crippen molar-refractivity contribution >= 4 is 5.95 Å². The molecule has 0 saturated carbocycles. The number of nitrogens with zero attached hydrogens (tertiary/aromatic N) is 2. The lowest BCUT2D eigenvalue weighted by molar-refractivity contribution is -0.141. The molecule has 0 aliphatic heterocycles. The smallest absolute Gasteiger partial charge is 0.394 e. The number of aromatic nitrogens is 2. The number of nitrogens with one attached hydrogen (secondary N) is 1. The van der Waals surface area contributed by atoms with Crippen molar-refractivity contribution in [3.63, 3.8) is 0 Å². The number of alkyl halides is 3. The van der Waals surface area contributed by atoms with E-state index in [2.05, 4.69) is 15.3 Å². The Morgan fingerprint density at radius 1 is 1.39 bits per heavy atom. The Bertz CT molecular complexity index is 382. The fourth-order valence-corrected chi connectivity index (χ4v) is 1.52. The molecule has 1 rings (SSSR count). The third-order valence-electron chi connectivity index (χ3n) is 2.26. The molecular formula is C11H16F3N3O. The number of aliphatic hydroxyl groups excluding tert-OH is 1. The molecule has 0 aliphatic carbocycles. The maximum Gasteiger partial charge on any atom is 0.433 e. The van der Waals surface area contributed by atoms with Gasteiger partial charge in [-0.2, -0.15) is 13.2 Å². The molecule has 0 aromatic carbocycles. The summed E-state index contributed by atoms with van der Waals surface area (Å²) in [7, 11) is 0. The van der Waals surface area contributed by atoms with Crippen molar-refractivity contribution in [3.8, 4) is 0 Å². The molecule has 2 N–H and O–H groups in total. The Morgan fingerprint density at radius 2 is 2.06 bits per heavy atom. The monoisotopic (exact) mass is 263 g/mol. The van der Waals surface area contributed by atoms with Gasteiger partial charge in [0.15, 0.2) is 0 Å². The number of hydrogen-bond donors (Lipinski definition) is 2. The van der Waals surface area contributed by atoms with E-state index in [9.17, 15) is 13.2 Å². The molecule has 4 nitrogen and oxygen atoms in total. The molecule has 1 heterocycles. The van der Waals surface area contributed by atoms with Crippen LogP contribution in [0.15, 0.2) is 12.3 Å². The SMILES string of the molecule is CC(C)C[C@H](CO)Nc1nccc(C(F)(F)F)n1. The van der Waals surface area contributed by atoms with E-state index in [1.165, 1.54) is 0 Å². The molecule has 1 aromatic rings. The van der Waals surface area contributed by atoms with Gasteiger partial charge in [-0.1, -0.05) is 13.8 Å². The second-order valence-corrected chi connectivity index (χ2v) is 4.42. The topological polar surface area (TPSA) is 58.0 Å². The molecule has 102 valence electrons. The molecule has 0 unspecified atom stereocenters. The van der Waals surface area contributed by atoms with Crippen molar-refractivity contribution < 1.29 is 18.3 Å². The Labute approximate surface area is 103 Å². The summed E-state index contributed by atoms with van der Waals surface area (Å²) in [5.41, 5.74) is -0.999. The number of aliphatic hydroxyl groups is 1. The molecule has 0 aliphatic rings. The van der Waals surface area contributed by atoms with Crippen LogP contribution in [0.5, 0.6) is 0 Å². The first-order valence-corrected chi connectivity index (χ1v) is 5.60. The van der Waals surface area contributed by atoms with Crippen LogP contribution in [0.25, 0.3) is 0 Å². The molecule has 0 amide bonds. The summed E-state index contributed by atoms with van der Waals surface area (Å²) >= 11 is 0. The Hall–Kier alpha value is -1.37. The standard InChI is InChI=1S/C11H16F3N3O/c1-7(2)5-8(6-18)16-10-15-4-3-9(17-10)11(12,13)14/h3-4,7-8,18H,5-6H2,1-2H3,(H,15,16,17)/t8-/m1/s1. The zero-order valence-electron chi connectivity index (χ0n) is 10.2. The highest BCUT2D eigenvalue weighted by Crippen LogP contribution is 2.27. The van der Waals surface area contributed by atoms with E-state index in [4.69, 9.17) is 5.11 Å². The van der Waals surface area contributed by atoms with Gasteiger partial charge in [0.1, 0.15) is 5.69 Å². The van der Waals surface area contributed by atoms with Gasteiger partial charge in [-0.3, -0.25) is 0 Å². The summed E-state index contributed by atoms with van der Waals surface area (Å²) in [6, 6.07) is 0.454. The zero-order chi connectivity index (χ0) is 13.8. The fourth-order valence-electron chi connectivity index (χ4n) is 1.52. The van der Waals surface area contributed by atoms with Gasteiger partial charge in [0, 0.05) is 6.20 Å². The maximum atomic E-state index is 12.4. The lowest BCUT2D eigenvalue weighted by Crippen LogP contribution is -2.27. The summed E-state index contributed by atoms with van der Waals surface area (Å²) in [6.45, 7) is 3.73. The van der Waals surface area contributed by atoms with E-state index >= 15 is 0 Å². The van der Waals surface area contributed by atoms with E-state index in [1.54, 1.807) is 0 Å². The predicted octanol–water partition coefficient (Wildman–Crippen LogP) is 2.31. The first-order chi connectivity index (χ1) is 8.32. The van der Waals surface area contributed by atoms with Crippen LogP contribution in [-0.4, -0.2) is 27.7 Å². The number of halogens is 3.